The van der Waals surface area contributed by atoms with Crippen LogP contribution in [0.4, 0.5) is 4.39 Å². The van der Waals surface area contributed by atoms with Crippen LogP contribution in [0.25, 0.3) is 11.4 Å². The second-order valence-corrected chi connectivity index (χ2v) is 7.81. The minimum Gasteiger partial charge on any atom is -0.494 e. The molecule has 1 aromatic carbocycles. The fourth-order valence-corrected chi connectivity index (χ4v) is 3.86. The first-order chi connectivity index (χ1) is 15.0. The zero-order valence-electron chi connectivity index (χ0n) is 17.6. The first-order valence-corrected chi connectivity index (χ1v) is 10.4. The lowest BCUT2D eigenvalue weighted by molar-refractivity contribution is 0.0945. The number of carbonyl (C=O) groups is 1. The van der Waals surface area contributed by atoms with Gasteiger partial charge in [-0.25, -0.2) is 14.4 Å². The molecule has 2 aromatic heterocycles. The highest BCUT2D eigenvalue weighted by molar-refractivity contribution is 5.93. The minimum absolute atomic E-state index is 0.132. The summed E-state index contributed by atoms with van der Waals surface area (Å²) < 4.78 is 20.4. The number of hydrogen-bond donors (Lipinski definition) is 1. The Labute approximate surface area is 179 Å². The van der Waals surface area contributed by atoms with Gasteiger partial charge in [0.05, 0.1) is 19.0 Å². The molecule has 1 amide bonds. The highest BCUT2D eigenvalue weighted by Crippen LogP contribution is 2.26. The molecule has 0 radical (unpaired) electrons. The molecule has 1 fully saturated rings. The number of methoxy groups -OCH3 is 1. The average Bonchev–Trinajstić information content (AvgIpc) is 3.45. The standard InChI is InChI=1S/C22H25FN6O2/c1-14-25-18(20-13-29(28-27-20)12-15-5-3-4-6-15)10-19(26-14)22(30)24-11-16-7-8-17(23)21(9-16)31-2/h7-10,13,15H,3-6,11-12H2,1-2H3,(H,24,30). The maximum atomic E-state index is 13.6. The second-order valence-electron chi connectivity index (χ2n) is 7.81. The van der Waals surface area contributed by atoms with Gasteiger partial charge in [0, 0.05) is 13.1 Å². The maximum Gasteiger partial charge on any atom is 0.270 e. The molecule has 0 aliphatic heterocycles. The Morgan fingerprint density at radius 1 is 1.23 bits per heavy atom. The molecule has 1 saturated carbocycles. The first-order valence-electron chi connectivity index (χ1n) is 10.4. The lowest BCUT2D eigenvalue weighted by atomic mass is 10.1. The quantitative estimate of drug-likeness (QED) is 0.625. The van der Waals surface area contributed by atoms with Crippen LogP contribution in [0.15, 0.2) is 30.5 Å². The molecule has 31 heavy (non-hydrogen) atoms. The van der Waals surface area contributed by atoms with E-state index in [0.29, 0.717) is 28.7 Å². The zero-order valence-corrected chi connectivity index (χ0v) is 17.6. The van der Waals surface area contributed by atoms with Crippen molar-refractivity contribution in [2.75, 3.05) is 7.11 Å². The molecule has 0 saturated heterocycles. The van der Waals surface area contributed by atoms with Crippen LogP contribution in [0.3, 0.4) is 0 Å². The molecule has 1 aliphatic rings. The molecule has 4 rings (SSSR count). The number of benzene rings is 1. The van der Waals surface area contributed by atoms with Crippen molar-refractivity contribution >= 4 is 5.91 Å². The highest BCUT2D eigenvalue weighted by atomic mass is 19.1. The predicted molar refractivity (Wildman–Crippen MR) is 112 cm³/mol. The van der Waals surface area contributed by atoms with Gasteiger partial charge in [0.15, 0.2) is 11.6 Å². The SMILES string of the molecule is COc1cc(CNC(=O)c2cc(-c3cn(CC4CCCC4)nn3)nc(C)n2)ccc1F. The van der Waals surface area contributed by atoms with Gasteiger partial charge in [-0.1, -0.05) is 24.1 Å². The first kappa shape index (κ1) is 20.9. The van der Waals surface area contributed by atoms with Gasteiger partial charge in [0.2, 0.25) is 0 Å². The summed E-state index contributed by atoms with van der Waals surface area (Å²) in [5.41, 5.74) is 2.12. The normalized spacial score (nSPS) is 14.0. The molecule has 0 spiro atoms. The van der Waals surface area contributed by atoms with Gasteiger partial charge in [-0.15, -0.1) is 5.10 Å². The van der Waals surface area contributed by atoms with Crippen molar-refractivity contribution in [3.8, 4) is 17.1 Å². The number of amides is 1. The number of ether oxygens (including phenoxy) is 1. The number of aryl methyl sites for hydroxylation is 1. The van der Waals surface area contributed by atoms with E-state index in [4.69, 9.17) is 4.74 Å². The molecule has 162 valence electrons. The third-order valence-electron chi connectivity index (χ3n) is 5.46. The lowest BCUT2D eigenvalue weighted by Crippen LogP contribution is -2.24. The Kier molecular flexibility index (Phi) is 6.20. The number of carbonyl (C=O) groups excluding carboxylic acids is 1. The predicted octanol–water partition coefficient (Wildman–Crippen LogP) is 3.31. The summed E-state index contributed by atoms with van der Waals surface area (Å²) in [7, 11) is 1.40. The Bertz CT molecular complexity index is 1080. The molecule has 2 heterocycles. The van der Waals surface area contributed by atoms with E-state index in [9.17, 15) is 9.18 Å². The van der Waals surface area contributed by atoms with Gasteiger partial charge >= 0.3 is 0 Å². The van der Waals surface area contributed by atoms with E-state index in [1.54, 1.807) is 25.1 Å². The van der Waals surface area contributed by atoms with E-state index in [1.165, 1.54) is 38.9 Å². The molecule has 0 bridgehead atoms. The van der Waals surface area contributed by atoms with Crippen LogP contribution < -0.4 is 10.1 Å². The monoisotopic (exact) mass is 424 g/mol. The van der Waals surface area contributed by atoms with Crippen molar-refractivity contribution in [2.45, 2.75) is 45.7 Å². The van der Waals surface area contributed by atoms with E-state index in [1.807, 2.05) is 10.9 Å². The van der Waals surface area contributed by atoms with Gasteiger partial charge in [-0.3, -0.25) is 9.48 Å². The third-order valence-corrected chi connectivity index (χ3v) is 5.46. The van der Waals surface area contributed by atoms with Crippen LogP contribution >= 0.6 is 0 Å². The number of rotatable bonds is 7. The van der Waals surface area contributed by atoms with E-state index in [-0.39, 0.29) is 23.9 Å². The topological polar surface area (TPSA) is 94.8 Å². The van der Waals surface area contributed by atoms with E-state index in [0.717, 1.165) is 6.54 Å². The van der Waals surface area contributed by atoms with Crippen LogP contribution in [0.5, 0.6) is 5.75 Å². The van der Waals surface area contributed by atoms with Gasteiger partial charge in [-0.05, 0) is 49.4 Å². The summed E-state index contributed by atoms with van der Waals surface area (Å²) in [6.07, 6.45) is 6.88. The summed E-state index contributed by atoms with van der Waals surface area (Å²) >= 11 is 0. The van der Waals surface area contributed by atoms with Crippen molar-refractivity contribution in [1.82, 2.24) is 30.3 Å². The Morgan fingerprint density at radius 3 is 2.81 bits per heavy atom. The molecular weight excluding hydrogens is 399 g/mol. The maximum absolute atomic E-state index is 13.6. The second kappa shape index (κ2) is 9.20. The molecule has 1 aliphatic carbocycles. The van der Waals surface area contributed by atoms with Gasteiger partial charge < -0.3 is 10.1 Å². The van der Waals surface area contributed by atoms with Gasteiger partial charge in [0.1, 0.15) is 17.2 Å². The summed E-state index contributed by atoms with van der Waals surface area (Å²) in [5.74, 6) is 0.445. The third kappa shape index (κ3) is 5.04. The largest absolute Gasteiger partial charge is 0.494 e. The Morgan fingerprint density at radius 2 is 2.03 bits per heavy atom. The van der Waals surface area contributed by atoms with Crippen LogP contribution in [0.1, 0.15) is 47.6 Å². The summed E-state index contributed by atoms with van der Waals surface area (Å²) in [4.78, 5) is 21.3. The summed E-state index contributed by atoms with van der Waals surface area (Å²) in [5, 5.41) is 11.3. The zero-order chi connectivity index (χ0) is 21.8. The number of nitrogens with zero attached hydrogens (tertiary/aromatic N) is 5. The van der Waals surface area contributed by atoms with Crippen LogP contribution in [-0.4, -0.2) is 38.0 Å². The number of nitrogens with one attached hydrogen (secondary N) is 1. The highest BCUT2D eigenvalue weighted by Gasteiger charge is 2.18. The van der Waals surface area contributed by atoms with E-state index < -0.39 is 5.82 Å². The van der Waals surface area contributed by atoms with Crippen LogP contribution in [0.2, 0.25) is 0 Å². The van der Waals surface area contributed by atoms with Crippen molar-refractivity contribution < 1.29 is 13.9 Å². The van der Waals surface area contributed by atoms with Gasteiger partial charge in [-0.2, -0.15) is 0 Å². The molecule has 3 aromatic rings. The number of halogens is 1. The Hall–Kier alpha value is -3.36. The van der Waals surface area contributed by atoms with E-state index >= 15 is 0 Å². The number of hydrogen-bond acceptors (Lipinski definition) is 6. The van der Waals surface area contributed by atoms with Crippen molar-refractivity contribution in [1.29, 1.82) is 0 Å². The minimum atomic E-state index is -0.449. The van der Waals surface area contributed by atoms with Crippen LogP contribution in [0, 0.1) is 18.7 Å². The molecular formula is C22H25FN6O2. The number of aromatic nitrogens is 5. The molecule has 9 heteroatoms. The van der Waals surface area contributed by atoms with Crippen LogP contribution in [-0.2, 0) is 13.1 Å². The van der Waals surface area contributed by atoms with Gasteiger partial charge in [0.25, 0.3) is 5.91 Å². The molecule has 0 unspecified atom stereocenters. The van der Waals surface area contributed by atoms with E-state index in [2.05, 4.69) is 25.6 Å². The molecule has 0 atom stereocenters. The summed E-state index contributed by atoms with van der Waals surface area (Å²) in [6, 6.07) is 6.06. The fourth-order valence-electron chi connectivity index (χ4n) is 3.86. The average molecular weight is 424 g/mol. The summed E-state index contributed by atoms with van der Waals surface area (Å²) in [6.45, 7) is 2.80. The van der Waals surface area contributed by atoms with Crippen molar-refractivity contribution in [2.24, 2.45) is 5.92 Å². The molecule has 1 N–H and O–H groups in total. The smallest absolute Gasteiger partial charge is 0.270 e. The molecule has 8 nitrogen and oxygen atoms in total. The Balaban J connectivity index is 1.46. The fraction of sp³-hybridized carbons (Fsp3) is 0.409. The van der Waals surface area contributed by atoms with Crippen molar-refractivity contribution in [3.05, 3.63) is 53.4 Å². The van der Waals surface area contributed by atoms with Crippen molar-refractivity contribution in [3.63, 3.8) is 0 Å². The lowest BCUT2D eigenvalue weighted by Gasteiger charge is -2.08.